The maximum Gasteiger partial charge on any atom is 0.494 e. The van der Waals surface area contributed by atoms with Gasteiger partial charge in [0.15, 0.2) is 0 Å². The van der Waals surface area contributed by atoms with Crippen LogP contribution in [0.1, 0.15) is 79.3 Å². The van der Waals surface area contributed by atoms with Crippen LogP contribution in [0.5, 0.6) is 0 Å². The van der Waals surface area contributed by atoms with E-state index in [-0.39, 0.29) is 36.2 Å². The number of piperidine rings is 1. The molecule has 2 saturated heterocycles. The summed E-state index contributed by atoms with van der Waals surface area (Å²) >= 11 is 0. The molecule has 0 aliphatic carbocycles. The molecule has 2 aliphatic heterocycles. The van der Waals surface area contributed by atoms with Crippen molar-refractivity contribution in [2.75, 3.05) is 6.54 Å². The molecule has 29 heavy (non-hydrogen) atoms. The highest BCUT2D eigenvalue weighted by Gasteiger charge is 2.51. The molecule has 160 valence electrons. The van der Waals surface area contributed by atoms with Crippen molar-refractivity contribution >= 4 is 18.5 Å². The molecule has 0 aromatic heterocycles. The Kier molecular flexibility index (Phi) is 5.94. The number of hydrogen-bond donors (Lipinski definition) is 1. The second kappa shape index (κ2) is 7.71. The number of carbonyl (C=O) groups excluding carboxylic acids is 1. The molecule has 5 nitrogen and oxygen atoms in total. The van der Waals surface area contributed by atoms with E-state index in [0.29, 0.717) is 12.8 Å². The smallest absolute Gasteiger partial charge is 0.399 e. The Labute approximate surface area is 175 Å². The summed E-state index contributed by atoms with van der Waals surface area (Å²) in [7, 11) is -0.372. The molecule has 1 aromatic carbocycles. The third-order valence-electron chi connectivity index (χ3n) is 6.76. The summed E-state index contributed by atoms with van der Waals surface area (Å²) in [6, 6.07) is 8.25. The molecule has 0 spiro atoms. The van der Waals surface area contributed by atoms with E-state index in [1.165, 1.54) is 0 Å². The van der Waals surface area contributed by atoms with Crippen LogP contribution in [0.4, 0.5) is 0 Å². The number of aliphatic hydroxyl groups is 1. The van der Waals surface area contributed by atoms with E-state index in [9.17, 15) is 9.90 Å². The minimum absolute atomic E-state index is 0.0259. The summed E-state index contributed by atoms with van der Waals surface area (Å²) in [6.07, 6.45) is 2.12. The van der Waals surface area contributed by atoms with Crippen LogP contribution in [0.2, 0.25) is 0 Å². The molecule has 2 atom stereocenters. The minimum Gasteiger partial charge on any atom is -0.399 e. The van der Waals surface area contributed by atoms with E-state index in [1.54, 1.807) is 0 Å². The maximum atomic E-state index is 12.7. The Hall–Kier alpha value is -1.37. The van der Waals surface area contributed by atoms with Gasteiger partial charge in [0.1, 0.15) is 0 Å². The van der Waals surface area contributed by atoms with Crippen molar-refractivity contribution in [3.63, 3.8) is 0 Å². The first-order valence-corrected chi connectivity index (χ1v) is 10.8. The number of hydrogen-bond acceptors (Lipinski definition) is 4. The first-order chi connectivity index (χ1) is 13.3. The summed E-state index contributed by atoms with van der Waals surface area (Å²) in [6.45, 7) is 14.7. The van der Waals surface area contributed by atoms with Gasteiger partial charge >= 0.3 is 7.12 Å². The van der Waals surface area contributed by atoms with Gasteiger partial charge in [-0.3, -0.25) is 4.79 Å². The monoisotopic (exact) mass is 401 g/mol. The van der Waals surface area contributed by atoms with E-state index in [2.05, 4.69) is 46.8 Å². The lowest BCUT2D eigenvalue weighted by atomic mass is 9.78. The molecule has 6 heteroatoms. The topological polar surface area (TPSA) is 59.0 Å². The van der Waals surface area contributed by atoms with Gasteiger partial charge in [-0.1, -0.05) is 24.3 Å². The van der Waals surface area contributed by atoms with E-state index < -0.39 is 5.60 Å². The standard InChI is InChI=1S/C23H36BNO4/c1-16(25-13-12-17(14-20(25)26)15-21(2,3)27)18-8-10-19(11-9-18)24-28-22(4,5)23(6,7)29-24/h8-11,16-17,27H,12-15H2,1-7H3. The average Bonchev–Trinajstić information content (AvgIpc) is 2.81. The SMILES string of the molecule is CC(c1ccc(B2OC(C)(C)C(C)(C)O2)cc1)N1CCC(CC(C)(C)O)CC1=O. The van der Waals surface area contributed by atoms with E-state index in [1.807, 2.05) is 30.9 Å². The van der Waals surface area contributed by atoms with Crippen LogP contribution in [0.25, 0.3) is 0 Å². The quantitative estimate of drug-likeness (QED) is 0.768. The number of likely N-dealkylation sites (tertiary alicyclic amines) is 1. The van der Waals surface area contributed by atoms with Crippen molar-refractivity contribution in [2.24, 2.45) is 5.92 Å². The van der Waals surface area contributed by atoms with Crippen LogP contribution in [-0.2, 0) is 14.1 Å². The maximum absolute atomic E-state index is 12.7. The molecule has 2 unspecified atom stereocenters. The third-order valence-corrected chi connectivity index (χ3v) is 6.76. The van der Waals surface area contributed by atoms with Gasteiger partial charge in [0.25, 0.3) is 0 Å². The Morgan fingerprint density at radius 1 is 1.17 bits per heavy atom. The fourth-order valence-electron chi connectivity index (χ4n) is 4.29. The van der Waals surface area contributed by atoms with Crippen molar-refractivity contribution in [3.05, 3.63) is 29.8 Å². The number of benzene rings is 1. The molecule has 1 amide bonds. The van der Waals surface area contributed by atoms with E-state index in [0.717, 1.165) is 24.0 Å². The third kappa shape index (κ3) is 4.87. The average molecular weight is 401 g/mol. The second-order valence-electron chi connectivity index (χ2n) is 10.4. The Balaban J connectivity index is 1.64. The highest BCUT2D eigenvalue weighted by molar-refractivity contribution is 6.62. The summed E-state index contributed by atoms with van der Waals surface area (Å²) in [5.74, 6) is 0.435. The zero-order valence-corrected chi connectivity index (χ0v) is 19.0. The van der Waals surface area contributed by atoms with Gasteiger partial charge < -0.3 is 19.3 Å². The van der Waals surface area contributed by atoms with Gasteiger partial charge in [-0.05, 0) is 78.3 Å². The summed E-state index contributed by atoms with van der Waals surface area (Å²) in [4.78, 5) is 14.7. The molecule has 3 rings (SSSR count). The van der Waals surface area contributed by atoms with Gasteiger partial charge in [-0.15, -0.1) is 0 Å². The molecule has 1 aromatic rings. The van der Waals surface area contributed by atoms with Crippen molar-refractivity contribution < 1.29 is 19.2 Å². The normalized spacial score (nSPS) is 25.4. The van der Waals surface area contributed by atoms with Crippen molar-refractivity contribution in [1.82, 2.24) is 4.90 Å². The zero-order chi connectivity index (χ0) is 21.6. The van der Waals surface area contributed by atoms with Gasteiger partial charge in [0.2, 0.25) is 5.91 Å². The van der Waals surface area contributed by atoms with Crippen LogP contribution >= 0.6 is 0 Å². The molecule has 2 heterocycles. The van der Waals surface area contributed by atoms with Crippen LogP contribution in [0.3, 0.4) is 0 Å². The zero-order valence-electron chi connectivity index (χ0n) is 19.0. The molecule has 1 N–H and O–H groups in total. The van der Waals surface area contributed by atoms with Gasteiger partial charge in [-0.25, -0.2) is 0 Å². The predicted molar refractivity (Wildman–Crippen MR) is 116 cm³/mol. The number of rotatable bonds is 5. The molecular formula is C23H36BNO4. The number of carbonyl (C=O) groups is 1. The van der Waals surface area contributed by atoms with Crippen LogP contribution in [0.15, 0.2) is 24.3 Å². The number of nitrogens with zero attached hydrogens (tertiary/aromatic N) is 1. The summed E-state index contributed by atoms with van der Waals surface area (Å²) in [5, 5.41) is 10.0. The lowest BCUT2D eigenvalue weighted by Crippen LogP contribution is -2.42. The van der Waals surface area contributed by atoms with Crippen LogP contribution in [-0.4, -0.2) is 46.4 Å². The lowest BCUT2D eigenvalue weighted by Gasteiger charge is -2.37. The fraction of sp³-hybridized carbons (Fsp3) is 0.696. The van der Waals surface area contributed by atoms with E-state index >= 15 is 0 Å². The predicted octanol–water partition coefficient (Wildman–Crippen LogP) is 3.45. The van der Waals surface area contributed by atoms with Gasteiger partial charge in [-0.2, -0.15) is 0 Å². The van der Waals surface area contributed by atoms with Crippen LogP contribution in [0, 0.1) is 5.92 Å². The van der Waals surface area contributed by atoms with Crippen molar-refractivity contribution in [2.45, 2.75) is 90.6 Å². The first-order valence-electron chi connectivity index (χ1n) is 10.8. The molecule has 0 saturated carbocycles. The van der Waals surface area contributed by atoms with E-state index in [4.69, 9.17) is 9.31 Å². The van der Waals surface area contributed by atoms with Crippen molar-refractivity contribution in [3.8, 4) is 0 Å². The first kappa shape index (κ1) is 22.3. The van der Waals surface area contributed by atoms with Gasteiger partial charge in [0.05, 0.1) is 22.8 Å². The minimum atomic E-state index is -0.720. The Morgan fingerprint density at radius 2 is 1.72 bits per heavy atom. The highest BCUT2D eigenvalue weighted by atomic mass is 16.7. The second-order valence-corrected chi connectivity index (χ2v) is 10.4. The summed E-state index contributed by atoms with van der Waals surface area (Å²) in [5.41, 5.74) is 0.671. The number of amides is 1. The van der Waals surface area contributed by atoms with Crippen LogP contribution < -0.4 is 5.46 Å². The molecular weight excluding hydrogens is 365 g/mol. The molecule has 2 fully saturated rings. The molecule has 0 radical (unpaired) electrons. The Morgan fingerprint density at radius 3 is 2.21 bits per heavy atom. The molecule has 0 bridgehead atoms. The largest absolute Gasteiger partial charge is 0.494 e. The lowest BCUT2D eigenvalue weighted by molar-refractivity contribution is -0.138. The molecule has 2 aliphatic rings. The van der Waals surface area contributed by atoms with Crippen molar-refractivity contribution in [1.29, 1.82) is 0 Å². The Bertz CT molecular complexity index is 722. The summed E-state index contributed by atoms with van der Waals surface area (Å²) < 4.78 is 12.3. The fourth-order valence-corrected chi connectivity index (χ4v) is 4.29. The highest BCUT2D eigenvalue weighted by Crippen LogP contribution is 2.37. The van der Waals surface area contributed by atoms with Gasteiger partial charge in [0, 0.05) is 13.0 Å².